The molecule has 1 aromatic heterocycles. The van der Waals surface area contributed by atoms with E-state index < -0.39 is 73.5 Å². The van der Waals surface area contributed by atoms with Gasteiger partial charge in [-0.3, -0.25) is 33.8 Å². The lowest BCUT2D eigenvalue weighted by atomic mass is 10.0. The first-order chi connectivity index (χ1) is 28.5. The molecule has 0 aliphatic heterocycles. The molecule has 0 bridgehead atoms. The number of H-pyrrole nitrogens is 1. The summed E-state index contributed by atoms with van der Waals surface area (Å²) >= 11 is 0. The fourth-order valence-electron chi connectivity index (χ4n) is 6.36. The van der Waals surface area contributed by atoms with Crippen LogP contribution in [0.15, 0.2) is 85.1 Å². The lowest BCUT2D eigenvalue weighted by Crippen LogP contribution is -2.59. The number of para-hydroxylation sites is 1. The van der Waals surface area contributed by atoms with E-state index >= 15 is 0 Å². The highest BCUT2D eigenvalue weighted by atomic mass is 31.2. The normalized spacial score (nSPS) is 13.9. The van der Waals surface area contributed by atoms with Crippen molar-refractivity contribution < 1.29 is 52.7 Å². The zero-order chi connectivity index (χ0) is 43.8. The van der Waals surface area contributed by atoms with E-state index in [0.29, 0.717) is 24.0 Å². The molecule has 60 heavy (non-hydrogen) atoms. The van der Waals surface area contributed by atoms with Crippen LogP contribution in [0.2, 0.25) is 0 Å². The molecule has 1 heterocycles. The number of aliphatic carboxylic acids is 1. The minimum absolute atomic E-state index is 0.0552. The molecular formula is C40H51N8O11P. The van der Waals surface area contributed by atoms with Crippen LogP contribution in [0.3, 0.4) is 0 Å². The Balaban J connectivity index is 1.57. The number of rotatable bonds is 24. The number of hydrogen-bond donors (Lipinski definition) is 11. The predicted octanol–water partition coefficient (Wildman–Crippen LogP) is 0.413. The fraction of sp³-hybridized carbons (Fsp3) is 0.350. The van der Waals surface area contributed by atoms with Gasteiger partial charge in [0.1, 0.15) is 29.9 Å². The Morgan fingerprint density at radius 2 is 1.25 bits per heavy atom. The molecule has 322 valence electrons. The molecule has 0 fully saturated rings. The van der Waals surface area contributed by atoms with Crippen molar-refractivity contribution in [1.29, 1.82) is 0 Å². The molecule has 0 radical (unpaired) electrons. The molecule has 14 N–H and O–H groups in total. The first-order valence-electron chi connectivity index (χ1n) is 19.1. The van der Waals surface area contributed by atoms with E-state index in [1.165, 1.54) is 24.3 Å². The molecule has 4 aromatic rings. The first kappa shape index (κ1) is 46.6. The van der Waals surface area contributed by atoms with E-state index in [1.807, 2.05) is 18.2 Å². The first-order valence-corrected chi connectivity index (χ1v) is 20.7. The van der Waals surface area contributed by atoms with E-state index in [4.69, 9.17) is 27.0 Å². The van der Waals surface area contributed by atoms with Crippen LogP contribution in [0, 0.1) is 0 Å². The van der Waals surface area contributed by atoms with Gasteiger partial charge in [-0.15, -0.1) is 0 Å². The summed E-state index contributed by atoms with van der Waals surface area (Å²) in [6.07, 6.45) is 1.86. The Bertz CT molecular complexity index is 2150. The van der Waals surface area contributed by atoms with E-state index in [9.17, 15) is 38.4 Å². The second kappa shape index (κ2) is 22.3. The van der Waals surface area contributed by atoms with Crippen LogP contribution in [-0.4, -0.2) is 92.1 Å². The molecule has 0 saturated heterocycles. The van der Waals surface area contributed by atoms with Crippen LogP contribution >= 0.6 is 7.82 Å². The lowest BCUT2D eigenvalue weighted by Gasteiger charge is -2.26. The van der Waals surface area contributed by atoms with Gasteiger partial charge in [0.15, 0.2) is 0 Å². The summed E-state index contributed by atoms with van der Waals surface area (Å²) in [5.41, 5.74) is 19.8. The molecule has 5 atom stereocenters. The van der Waals surface area contributed by atoms with Gasteiger partial charge in [0.05, 0.1) is 6.04 Å². The van der Waals surface area contributed by atoms with Crippen LogP contribution < -0.4 is 43.0 Å². The summed E-state index contributed by atoms with van der Waals surface area (Å²) in [5.74, 6) is -5.46. The molecule has 0 spiro atoms. The highest BCUT2D eigenvalue weighted by Gasteiger charge is 2.33. The average Bonchev–Trinajstić information content (AvgIpc) is 3.61. The lowest BCUT2D eigenvalue weighted by molar-refractivity contribution is -0.142. The SMILES string of the molecule is NCCCCC(NC(=O)C(CCC(N)=O)NC(=O)C(N)Cc1ccccc1)C(=O)NC(Cc1c[nH]c2ccccc12)C(=O)NC(Cc1ccc(OP(=O)(O)O)cc1)C(=O)O. The second-order valence-electron chi connectivity index (χ2n) is 14.2. The highest BCUT2D eigenvalue weighted by molar-refractivity contribution is 7.46. The Hall–Kier alpha value is -6.11. The van der Waals surface area contributed by atoms with Crippen molar-refractivity contribution in [2.24, 2.45) is 17.2 Å². The topological polar surface area (TPSA) is 331 Å². The summed E-state index contributed by atoms with van der Waals surface area (Å²) in [5, 5.41) is 21.2. The second-order valence-corrected chi connectivity index (χ2v) is 15.3. The third-order valence-corrected chi connectivity index (χ3v) is 9.91. The smallest absolute Gasteiger partial charge is 0.480 e. The standard InChI is InChI=1S/C40H51N8O11P/c41-19-7-6-12-31(46-38(52)32(17-18-35(43)49)45-36(50)29(42)20-24-8-2-1-3-9-24)37(51)47-33(22-26-23-44-30-11-5-4-10-28(26)30)39(53)48-34(40(54)55)21-25-13-15-27(16-14-25)59-60(56,57)58/h1-5,8-11,13-16,23,29,31-34,44H,6-7,12,17-22,41-42H2,(H2,43,49)(H,45,50)(H,46,52)(H,47,51)(H,48,53)(H,54,55)(H2,56,57,58). The van der Waals surface area contributed by atoms with E-state index in [-0.39, 0.29) is 50.8 Å². The quantitative estimate of drug-likeness (QED) is 0.0337. The number of aromatic amines is 1. The van der Waals surface area contributed by atoms with E-state index in [0.717, 1.165) is 16.5 Å². The number of carbonyl (C=O) groups excluding carboxylic acids is 5. The Labute approximate surface area is 345 Å². The Morgan fingerprint density at radius 3 is 1.88 bits per heavy atom. The van der Waals surface area contributed by atoms with Gasteiger partial charge in [0.25, 0.3) is 0 Å². The number of nitrogens with two attached hydrogens (primary N) is 3. The third kappa shape index (κ3) is 14.9. The van der Waals surface area contributed by atoms with Crippen molar-refractivity contribution in [3.05, 3.63) is 102 Å². The van der Waals surface area contributed by atoms with Gasteiger partial charge < -0.3 is 53.1 Å². The number of carboxylic acid groups (broad SMARTS) is 1. The van der Waals surface area contributed by atoms with Crippen molar-refractivity contribution in [1.82, 2.24) is 26.3 Å². The number of carbonyl (C=O) groups is 6. The van der Waals surface area contributed by atoms with Gasteiger partial charge in [-0.05, 0) is 73.5 Å². The van der Waals surface area contributed by atoms with Crippen molar-refractivity contribution in [2.75, 3.05) is 6.54 Å². The number of hydrogen-bond acceptors (Lipinski definition) is 10. The third-order valence-electron chi connectivity index (χ3n) is 9.46. The number of phosphoric ester groups is 1. The summed E-state index contributed by atoms with van der Waals surface area (Å²) in [4.78, 5) is 101. The number of carboxylic acids is 1. The van der Waals surface area contributed by atoms with Crippen LogP contribution in [0.5, 0.6) is 5.75 Å². The van der Waals surface area contributed by atoms with Crippen molar-refractivity contribution in [3.63, 3.8) is 0 Å². The predicted molar refractivity (Wildman–Crippen MR) is 220 cm³/mol. The number of amides is 5. The van der Waals surface area contributed by atoms with E-state index in [2.05, 4.69) is 30.8 Å². The van der Waals surface area contributed by atoms with E-state index in [1.54, 1.807) is 42.6 Å². The molecule has 0 aliphatic carbocycles. The molecule has 4 rings (SSSR count). The van der Waals surface area contributed by atoms with Crippen LogP contribution in [-0.2, 0) is 52.6 Å². The van der Waals surface area contributed by atoms with Crippen molar-refractivity contribution in [2.45, 2.75) is 81.6 Å². The van der Waals surface area contributed by atoms with Gasteiger partial charge in [-0.1, -0.05) is 60.7 Å². The minimum Gasteiger partial charge on any atom is -0.480 e. The van der Waals surface area contributed by atoms with Crippen LogP contribution in [0.1, 0.15) is 48.8 Å². The number of aromatic nitrogens is 1. The zero-order valence-electron chi connectivity index (χ0n) is 32.6. The number of unbranched alkanes of at least 4 members (excludes halogenated alkanes) is 1. The monoisotopic (exact) mass is 850 g/mol. The van der Waals surface area contributed by atoms with Crippen LogP contribution in [0.25, 0.3) is 10.9 Å². The summed E-state index contributed by atoms with van der Waals surface area (Å²) in [6.45, 7) is 0.278. The molecule has 0 aliphatic rings. The number of fused-ring (bicyclic) bond motifs is 1. The fourth-order valence-corrected chi connectivity index (χ4v) is 6.76. The number of benzene rings is 3. The number of primary amides is 1. The summed E-state index contributed by atoms with van der Waals surface area (Å²) in [6, 6.07) is 14.8. The molecular weight excluding hydrogens is 799 g/mol. The molecule has 19 nitrogen and oxygen atoms in total. The van der Waals surface area contributed by atoms with Crippen molar-refractivity contribution >= 4 is 54.2 Å². The number of phosphoric acid groups is 1. The molecule has 20 heteroatoms. The Kier molecular flexibility index (Phi) is 17.3. The Morgan fingerprint density at radius 1 is 0.683 bits per heavy atom. The summed E-state index contributed by atoms with van der Waals surface area (Å²) < 4.78 is 15.7. The van der Waals surface area contributed by atoms with Gasteiger partial charge in [-0.2, -0.15) is 0 Å². The van der Waals surface area contributed by atoms with Gasteiger partial charge in [-0.25, -0.2) is 9.36 Å². The van der Waals surface area contributed by atoms with Gasteiger partial charge in [0.2, 0.25) is 29.5 Å². The van der Waals surface area contributed by atoms with Gasteiger partial charge in [0, 0.05) is 36.4 Å². The maximum Gasteiger partial charge on any atom is 0.524 e. The minimum atomic E-state index is -4.84. The molecule has 3 aromatic carbocycles. The molecule has 5 unspecified atom stereocenters. The molecule has 5 amide bonds. The largest absolute Gasteiger partial charge is 0.524 e. The maximum atomic E-state index is 14.1. The number of nitrogens with one attached hydrogen (secondary N) is 5. The van der Waals surface area contributed by atoms with Crippen molar-refractivity contribution in [3.8, 4) is 5.75 Å². The average molecular weight is 851 g/mol. The molecule has 0 saturated carbocycles. The summed E-state index contributed by atoms with van der Waals surface area (Å²) in [7, 11) is -4.84. The zero-order valence-corrected chi connectivity index (χ0v) is 33.5. The van der Waals surface area contributed by atoms with Crippen LogP contribution in [0.4, 0.5) is 0 Å². The maximum absolute atomic E-state index is 14.1. The highest BCUT2D eigenvalue weighted by Crippen LogP contribution is 2.37. The van der Waals surface area contributed by atoms with Gasteiger partial charge >= 0.3 is 13.8 Å².